The van der Waals surface area contributed by atoms with Crippen molar-refractivity contribution in [3.8, 4) is 0 Å². The van der Waals surface area contributed by atoms with E-state index < -0.39 is 0 Å². The van der Waals surface area contributed by atoms with Crippen molar-refractivity contribution >= 4 is 23.2 Å². The standard InChI is InChI=1S/C13H20N4O2S/c1-9(2)16-5-7-17(8-6-16)13(19)11-4-3-10(20-11)12(18)15-14/h3-4,9H,5-8,14H2,1-2H3,(H,15,18). The van der Waals surface area contributed by atoms with Gasteiger partial charge in [-0.2, -0.15) is 0 Å². The minimum absolute atomic E-state index is 0.00511. The van der Waals surface area contributed by atoms with Gasteiger partial charge in [-0.3, -0.25) is 19.9 Å². The first-order chi connectivity index (χ1) is 9.52. The van der Waals surface area contributed by atoms with Gasteiger partial charge < -0.3 is 4.90 Å². The van der Waals surface area contributed by atoms with Crippen LogP contribution in [0.3, 0.4) is 0 Å². The third-order valence-corrected chi connectivity index (χ3v) is 4.58. The number of nitrogen functional groups attached to an aromatic ring is 1. The average Bonchev–Trinajstić information content (AvgIpc) is 2.95. The first-order valence-electron chi connectivity index (χ1n) is 6.67. The number of nitrogens with one attached hydrogen (secondary N) is 1. The zero-order chi connectivity index (χ0) is 14.7. The number of thiophene rings is 1. The molecule has 1 aromatic heterocycles. The molecule has 2 heterocycles. The van der Waals surface area contributed by atoms with Crippen LogP contribution in [0.2, 0.25) is 0 Å². The summed E-state index contributed by atoms with van der Waals surface area (Å²) in [6.07, 6.45) is 0. The Bertz CT molecular complexity index is 492. The molecule has 6 nitrogen and oxygen atoms in total. The Labute approximate surface area is 122 Å². The summed E-state index contributed by atoms with van der Waals surface area (Å²) < 4.78 is 0. The van der Waals surface area contributed by atoms with Crippen LogP contribution in [-0.2, 0) is 0 Å². The van der Waals surface area contributed by atoms with E-state index in [-0.39, 0.29) is 11.8 Å². The van der Waals surface area contributed by atoms with Crippen LogP contribution in [0.25, 0.3) is 0 Å². The van der Waals surface area contributed by atoms with Gasteiger partial charge in [-0.05, 0) is 26.0 Å². The number of hydrogen-bond acceptors (Lipinski definition) is 5. The zero-order valence-electron chi connectivity index (χ0n) is 11.8. The summed E-state index contributed by atoms with van der Waals surface area (Å²) in [5.74, 6) is 4.71. The molecule has 0 saturated carbocycles. The van der Waals surface area contributed by atoms with Gasteiger partial charge in [-0.1, -0.05) is 0 Å². The second-order valence-corrected chi connectivity index (χ2v) is 6.14. The van der Waals surface area contributed by atoms with Crippen molar-refractivity contribution in [2.24, 2.45) is 5.84 Å². The Hall–Kier alpha value is -1.44. The van der Waals surface area contributed by atoms with Crippen molar-refractivity contribution in [3.63, 3.8) is 0 Å². The van der Waals surface area contributed by atoms with Crippen LogP contribution in [-0.4, -0.2) is 53.8 Å². The summed E-state index contributed by atoms with van der Waals surface area (Å²) in [5.41, 5.74) is 2.07. The van der Waals surface area contributed by atoms with E-state index in [9.17, 15) is 9.59 Å². The molecule has 2 amide bonds. The maximum Gasteiger partial charge on any atom is 0.275 e. The molecule has 110 valence electrons. The first-order valence-corrected chi connectivity index (χ1v) is 7.48. The van der Waals surface area contributed by atoms with Crippen molar-refractivity contribution in [1.29, 1.82) is 0 Å². The van der Waals surface area contributed by atoms with E-state index in [1.807, 2.05) is 4.90 Å². The molecular weight excluding hydrogens is 276 g/mol. The highest BCUT2D eigenvalue weighted by atomic mass is 32.1. The van der Waals surface area contributed by atoms with Gasteiger partial charge in [0.2, 0.25) is 0 Å². The van der Waals surface area contributed by atoms with Crippen LogP contribution < -0.4 is 11.3 Å². The summed E-state index contributed by atoms with van der Waals surface area (Å²) in [7, 11) is 0. The van der Waals surface area contributed by atoms with E-state index in [4.69, 9.17) is 5.84 Å². The fourth-order valence-corrected chi connectivity index (χ4v) is 3.12. The van der Waals surface area contributed by atoms with Crippen LogP contribution in [0.5, 0.6) is 0 Å². The predicted molar refractivity (Wildman–Crippen MR) is 78.6 cm³/mol. The number of amides is 2. The molecule has 1 saturated heterocycles. The van der Waals surface area contributed by atoms with Gasteiger partial charge in [-0.15, -0.1) is 11.3 Å². The molecule has 0 aromatic carbocycles. The van der Waals surface area contributed by atoms with Crippen LogP contribution in [0, 0.1) is 0 Å². The molecule has 20 heavy (non-hydrogen) atoms. The smallest absolute Gasteiger partial charge is 0.275 e. The molecule has 0 radical (unpaired) electrons. The number of hydrogen-bond donors (Lipinski definition) is 2. The SMILES string of the molecule is CC(C)N1CCN(C(=O)c2ccc(C(=O)NN)s2)CC1. The fourth-order valence-electron chi connectivity index (χ4n) is 2.24. The van der Waals surface area contributed by atoms with Crippen molar-refractivity contribution in [1.82, 2.24) is 15.2 Å². The van der Waals surface area contributed by atoms with Crippen molar-refractivity contribution < 1.29 is 9.59 Å². The van der Waals surface area contributed by atoms with Crippen LogP contribution in [0.1, 0.15) is 33.2 Å². The molecule has 0 unspecified atom stereocenters. The second kappa shape index (κ2) is 6.34. The Morgan fingerprint density at radius 2 is 1.80 bits per heavy atom. The molecule has 1 aliphatic heterocycles. The molecule has 7 heteroatoms. The minimum atomic E-state index is -0.362. The molecule has 3 N–H and O–H groups in total. The average molecular weight is 296 g/mol. The van der Waals surface area contributed by atoms with E-state index in [0.29, 0.717) is 15.8 Å². The predicted octanol–water partition coefficient (Wildman–Crippen LogP) is 0.518. The lowest BCUT2D eigenvalue weighted by Crippen LogP contribution is -2.50. The van der Waals surface area contributed by atoms with Gasteiger partial charge in [0, 0.05) is 32.2 Å². The Balaban J connectivity index is 1.98. The number of nitrogens with two attached hydrogens (primary N) is 1. The van der Waals surface area contributed by atoms with Gasteiger partial charge in [0.05, 0.1) is 9.75 Å². The first kappa shape index (κ1) is 15.0. The highest BCUT2D eigenvalue weighted by molar-refractivity contribution is 7.15. The number of carbonyl (C=O) groups is 2. The second-order valence-electron chi connectivity index (χ2n) is 5.06. The summed E-state index contributed by atoms with van der Waals surface area (Å²) in [6.45, 7) is 7.57. The molecular formula is C13H20N4O2S. The summed E-state index contributed by atoms with van der Waals surface area (Å²) in [6, 6.07) is 3.82. The van der Waals surface area contributed by atoms with E-state index in [1.165, 1.54) is 11.3 Å². The summed E-state index contributed by atoms with van der Waals surface area (Å²) >= 11 is 1.18. The minimum Gasteiger partial charge on any atom is -0.335 e. The van der Waals surface area contributed by atoms with Gasteiger partial charge in [-0.25, -0.2) is 5.84 Å². The van der Waals surface area contributed by atoms with E-state index >= 15 is 0 Å². The number of rotatable bonds is 3. The summed E-state index contributed by atoms with van der Waals surface area (Å²) in [5, 5.41) is 0. The number of hydrazine groups is 1. The maximum atomic E-state index is 12.4. The summed E-state index contributed by atoms with van der Waals surface area (Å²) in [4.78, 5) is 29.0. The van der Waals surface area contributed by atoms with E-state index in [1.54, 1.807) is 12.1 Å². The highest BCUT2D eigenvalue weighted by Crippen LogP contribution is 2.19. The Kier molecular flexibility index (Phi) is 4.74. The van der Waals surface area contributed by atoms with Crippen molar-refractivity contribution in [3.05, 3.63) is 21.9 Å². The molecule has 0 bridgehead atoms. The third-order valence-electron chi connectivity index (χ3n) is 3.50. The molecule has 0 aliphatic carbocycles. The largest absolute Gasteiger partial charge is 0.335 e. The quantitative estimate of drug-likeness (QED) is 0.484. The van der Waals surface area contributed by atoms with Crippen LogP contribution in [0.4, 0.5) is 0 Å². The van der Waals surface area contributed by atoms with Crippen molar-refractivity contribution in [2.75, 3.05) is 26.2 Å². The lowest BCUT2D eigenvalue weighted by Gasteiger charge is -2.36. The lowest BCUT2D eigenvalue weighted by atomic mass is 10.2. The normalized spacial score (nSPS) is 16.5. The van der Waals surface area contributed by atoms with E-state index in [0.717, 1.165) is 26.2 Å². The zero-order valence-corrected chi connectivity index (χ0v) is 12.6. The van der Waals surface area contributed by atoms with Crippen LogP contribution >= 0.6 is 11.3 Å². The third kappa shape index (κ3) is 3.17. The van der Waals surface area contributed by atoms with Gasteiger partial charge in [0.25, 0.3) is 11.8 Å². The molecule has 0 spiro atoms. The van der Waals surface area contributed by atoms with Crippen molar-refractivity contribution in [2.45, 2.75) is 19.9 Å². The highest BCUT2D eigenvalue weighted by Gasteiger charge is 2.24. The Morgan fingerprint density at radius 1 is 1.20 bits per heavy atom. The number of nitrogens with zero attached hydrogens (tertiary/aromatic N) is 2. The number of piperazine rings is 1. The molecule has 1 aliphatic rings. The van der Waals surface area contributed by atoms with Crippen LogP contribution in [0.15, 0.2) is 12.1 Å². The Morgan fingerprint density at radius 3 is 2.35 bits per heavy atom. The van der Waals surface area contributed by atoms with E-state index in [2.05, 4.69) is 24.2 Å². The molecule has 1 fully saturated rings. The topological polar surface area (TPSA) is 78.7 Å². The maximum absolute atomic E-state index is 12.4. The van der Waals surface area contributed by atoms with Gasteiger partial charge in [0.1, 0.15) is 0 Å². The monoisotopic (exact) mass is 296 g/mol. The molecule has 1 aromatic rings. The lowest BCUT2D eigenvalue weighted by molar-refractivity contribution is 0.0600. The number of carbonyl (C=O) groups excluding carboxylic acids is 2. The van der Waals surface area contributed by atoms with Gasteiger partial charge >= 0.3 is 0 Å². The fraction of sp³-hybridized carbons (Fsp3) is 0.538. The van der Waals surface area contributed by atoms with Gasteiger partial charge in [0.15, 0.2) is 0 Å². The molecule has 2 rings (SSSR count). The molecule has 0 atom stereocenters.